The lowest BCUT2D eigenvalue weighted by molar-refractivity contribution is -0.117. The van der Waals surface area contributed by atoms with Crippen molar-refractivity contribution in [3.05, 3.63) is 29.0 Å². The summed E-state index contributed by atoms with van der Waals surface area (Å²) in [5, 5.41) is 13.7. The van der Waals surface area contributed by atoms with Gasteiger partial charge < -0.3 is 16.3 Å². The summed E-state index contributed by atoms with van der Waals surface area (Å²) >= 11 is 5.66. The number of amides is 1. The molecule has 1 atom stereocenters. The van der Waals surface area contributed by atoms with Crippen LogP contribution < -0.4 is 11.1 Å². The third-order valence-corrected chi connectivity index (χ3v) is 2.37. The van der Waals surface area contributed by atoms with Gasteiger partial charge >= 0.3 is 0 Å². The zero-order valence-corrected chi connectivity index (χ0v) is 9.70. The van der Waals surface area contributed by atoms with E-state index in [4.69, 9.17) is 22.5 Å². The first-order valence-electron chi connectivity index (χ1n) is 4.69. The van der Waals surface area contributed by atoms with E-state index in [1.807, 2.05) is 0 Å². The van der Waals surface area contributed by atoms with Gasteiger partial charge in [-0.15, -0.1) is 0 Å². The summed E-state index contributed by atoms with van der Waals surface area (Å²) in [6.07, 6.45) is 0. The zero-order valence-electron chi connectivity index (χ0n) is 8.95. The fourth-order valence-electron chi connectivity index (χ4n) is 1.06. The first-order chi connectivity index (χ1) is 7.95. The number of nitrogens with zero attached hydrogens (tertiary/aromatic N) is 1. The van der Waals surface area contributed by atoms with E-state index in [9.17, 15) is 9.18 Å². The molecule has 1 aromatic rings. The van der Waals surface area contributed by atoms with Gasteiger partial charge in [0, 0.05) is 5.02 Å². The third kappa shape index (κ3) is 3.32. The lowest BCUT2D eigenvalue weighted by atomic mass is 10.1. The summed E-state index contributed by atoms with van der Waals surface area (Å²) in [6, 6.07) is 3.76. The minimum Gasteiger partial charge on any atom is -0.409 e. The van der Waals surface area contributed by atoms with E-state index in [2.05, 4.69) is 10.5 Å². The summed E-state index contributed by atoms with van der Waals surface area (Å²) in [7, 11) is 0. The monoisotopic (exact) mass is 259 g/mol. The Bertz CT molecular complexity index is 465. The highest BCUT2D eigenvalue weighted by atomic mass is 35.5. The Morgan fingerprint density at radius 1 is 1.65 bits per heavy atom. The van der Waals surface area contributed by atoms with Crippen molar-refractivity contribution in [1.82, 2.24) is 0 Å². The number of benzene rings is 1. The molecule has 5 nitrogen and oxygen atoms in total. The molecular weight excluding hydrogens is 249 g/mol. The van der Waals surface area contributed by atoms with Crippen molar-refractivity contribution in [3.8, 4) is 0 Å². The molecule has 4 N–H and O–H groups in total. The molecule has 1 amide bonds. The van der Waals surface area contributed by atoms with E-state index >= 15 is 0 Å². The van der Waals surface area contributed by atoms with Crippen LogP contribution in [0.1, 0.15) is 6.92 Å². The molecule has 1 aromatic carbocycles. The Morgan fingerprint density at radius 3 is 2.88 bits per heavy atom. The van der Waals surface area contributed by atoms with Crippen LogP contribution in [0.25, 0.3) is 0 Å². The molecule has 0 aliphatic heterocycles. The van der Waals surface area contributed by atoms with Crippen LogP contribution in [0.5, 0.6) is 0 Å². The fourth-order valence-corrected chi connectivity index (χ4v) is 1.23. The van der Waals surface area contributed by atoms with Crippen molar-refractivity contribution in [2.45, 2.75) is 6.92 Å². The minimum atomic E-state index is -0.876. The Morgan fingerprint density at radius 2 is 2.29 bits per heavy atom. The van der Waals surface area contributed by atoms with Crippen LogP contribution in [0.3, 0.4) is 0 Å². The van der Waals surface area contributed by atoms with Gasteiger partial charge in [-0.2, -0.15) is 0 Å². The molecule has 0 radical (unpaired) electrons. The zero-order chi connectivity index (χ0) is 13.0. The van der Waals surface area contributed by atoms with Crippen molar-refractivity contribution < 1.29 is 14.4 Å². The molecule has 92 valence electrons. The number of oxime groups is 1. The van der Waals surface area contributed by atoms with Gasteiger partial charge in [0.2, 0.25) is 5.91 Å². The molecule has 0 aliphatic carbocycles. The fraction of sp³-hybridized carbons (Fsp3) is 0.200. The molecule has 1 unspecified atom stereocenters. The topological polar surface area (TPSA) is 87.7 Å². The predicted molar refractivity (Wildman–Crippen MR) is 62.6 cm³/mol. The van der Waals surface area contributed by atoms with Crippen molar-refractivity contribution in [2.24, 2.45) is 16.8 Å². The molecule has 17 heavy (non-hydrogen) atoms. The maximum Gasteiger partial charge on any atom is 0.235 e. The number of carbonyl (C=O) groups excluding carboxylic acids is 1. The van der Waals surface area contributed by atoms with Crippen molar-refractivity contribution in [2.75, 3.05) is 5.32 Å². The van der Waals surface area contributed by atoms with Gasteiger partial charge in [-0.05, 0) is 25.1 Å². The van der Waals surface area contributed by atoms with E-state index in [0.29, 0.717) is 0 Å². The number of anilines is 1. The molecule has 0 fully saturated rings. The van der Waals surface area contributed by atoms with Crippen molar-refractivity contribution in [1.29, 1.82) is 0 Å². The first kappa shape index (κ1) is 13.2. The molecule has 0 saturated heterocycles. The van der Waals surface area contributed by atoms with E-state index in [1.54, 1.807) is 0 Å². The maximum absolute atomic E-state index is 13.3. The average Bonchev–Trinajstić information content (AvgIpc) is 2.31. The second-order valence-corrected chi connectivity index (χ2v) is 3.80. The molecule has 0 aliphatic rings. The number of nitrogens with two attached hydrogens (primary N) is 1. The molecule has 1 rings (SSSR count). The Kier molecular flexibility index (Phi) is 4.28. The van der Waals surface area contributed by atoms with Crippen LogP contribution in [0.4, 0.5) is 10.1 Å². The molecular formula is C10H11ClFN3O2. The quantitative estimate of drug-likeness (QED) is 0.335. The Labute approximate surface area is 102 Å². The van der Waals surface area contributed by atoms with Crippen LogP contribution in [-0.4, -0.2) is 17.0 Å². The molecule has 0 saturated carbocycles. The van der Waals surface area contributed by atoms with Crippen LogP contribution >= 0.6 is 11.6 Å². The Balaban J connectivity index is 2.84. The van der Waals surface area contributed by atoms with Crippen molar-refractivity contribution >= 4 is 29.0 Å². The van der Waals surface area contributed by atoms with Crippen LogP contribution in [0.2, 0.25) is 5.02 Å². The minimum absolute atomic E-state index is 0.0555. The lowest BCUT2D eigenvalue weighted by Gasteiger charge is -2.11. The summed E-state index contributed by atoms with van der Waals surface area (Å²) in [5.41, 5.74) is 5.20. The van der Waals surface area contributed by atoms with E-state index in [1.165, 1.54) is 19.1 Å². The molecule has 7 heteroatoms. The second kappa shape index (κ2) is 5.49. The molecule has 0 bridgehead atoms. The highest BCUT2D eigenvalue weighted by molar-refractivity contribution is 6.31. The second-order valence-electron chi connectivity index (χ2n) is 3.36. The smallest absolute Gasteiger partial charge is 0.235 e. The van der Waals surface area contributed by atoms with Gasteiger partial charge in [0.15, 0.2) is 5.84 Å². The van der Waals surface area contributed by atoms with Gasteiger partial charge in [-0.1, -0.05) is 16.8 Å². The number of amidine groups is 1. The maximum atomic E-state index is 13.3. The predicted octanol–water partition coefficient (Wildman–Crippen LogP) is 1.80. The van der Waals surface area contributed by atoms with Gasteiger partial charge in [0.25, 0.3) is 0 Å². The van der Waals surface area contributed by atoms with Crippen LogP contribution in [0, 0.1) is 11.7 Å². The third-order valence-electron chi connectivity index (χ3n) is 2.14. The first-order valence-corrected chi connectivity index (χ1v) is 5.07. The molecule has 0 heterocycles. The number of carbonyl (C=O) groups is 1. The number of nitrogens with one attached hydrogen (secondary N) is 1. The molecule has 0 spiro atoms. The molecule has 0 aromatic heterocycles. The number of hydrogen-bond acceptors (Lipinski definition) is 3. The number of hydrogen-bond donors (Lipinski definition) is 3. The highest BCUT2D eigenvalue weighted by Gasteiger charge is 2.18. The SMILES string of the molecule is CC(C(=O)Nc1cc(Cl)ccc1F)/C(N)=N/O. The summed E-state index contributed by atoms with van der Waals surface area (Å²) in [5.74, 6) is -2.35. The number of halogens is 2. The summed E-state index contributed by atoms with van der Waals surface area (Å²) in [6.45, 7) is 1.42. The standard InChI is InChI=1S/C10H11ClFN3O2/c1-5(9(13)15-17)10(16)14-8-4-6(11)2-3-7(8)12/h2-5,17H,1H3,(H2,13,15)(H,14,16). The highest BCUT2D eigenvalue weighted by Crippen LogP contribution is 2.20. The lowest BCUT2D eigenvalue weighted by Crippen LogP contribution is -2.32. The summed E-state index contributed by atoms with van der Waals surface area (Å²) < 4.78 is 13.3. The van der Waals surface area contributed by atoms with Crippen LogP contribution in [-0.2, 0) is 4.79 Å². The van der Waals surface area contributed by atoms with Gasteiger partial charge in [0.05, 0.1) is 11.6 Å². The van der Waals surface area contributed by atoms with E-state index in [-0.39, 0.29) is 16.5 Å². The van der Waals surface area contributed by atoms with Gasteiger partial charge in [-0.3, -0.25) is 4.79 Å². The van der Waals surface area contributed by atoms with Crippen molar-refractivity contribution in [3.63, 3.8) is 0 Å². The normalized spacial score (nSPS) is 13.2. The van der Waals surface area contributed by atoms with Gasteiger partial charge in [0.1, 0.15) is 5.82 Å². The van der Waals surface area contributed by atoms with Gasteiger partial charge in [-0.25, -0.2) is 4.39 Å². The average molecular weight is 260 g/mol. The van der Waals surface area contributed by atoms with Crippen LogP contribution in [0.15, 0.2) is 23.4 Å². The Hall–Kier alpha value is -1.82. The number of rotatable bonds is 3. The largest absolute Gasteiger partial charge is 0.409 e. The summed E-state index contributed by atoms with van der Waals surface area (Å²) in [4.78, 5) is 11.6. The van der Waals surface area contributed by atoms with E-state index in [0.717, 1.165) is 6.07 Å². The van der Waals surface area contributed by atoms with E-state index < -0.39 is 17.6 Å².